The summed E-state index contributed by atoms with van der Waals surface area (Å²) in [4.78, 5) is 26.6. The molecule has 2 fully saturated rings. The average Bonchev–Trinajstić information content (AvgIpc) is 3.16. The number of methoxy groups -OCH3 is 1. The van der Waals surface area contributed by atoms with Gasteiger partial charge < -0.3 is 14.4 Å². The lowest BCUT2D eigenvalue weighted by Gasteiger charge is -2.22. The van der Waals surface area contributed by atoms with Gasteiger partial charge in [0.2, 0.25) is 5.91 Å². The highest BCUT2D eigenvalue weighted by atomic mass is 16.5. The number of nitrogens with zero attached hydrogens (tertiary/aromatic N) is 1. The first-order valence-electron chi connectivity index (χ1n) is 7.42. The SMILES string of the molecule is COC(=O)[C@@H]1[C@@H]2C=C[C@@]3(CN(Cc4ccccc4)C(=O)[C@H]13)O2. The van der Waals surface area contributed by atoms with Crippen molar-refractivity contribution >= 4 is 11.9 Å². The molecule has 0 saturated carbocycles. The molecule has 3 heterocycles. The van der Waals surface area contributed by atoms with Gasteiger partial charge in [0, 0.05) is 6.54 Å². The van der Waals surface area contributed by atoms with Gasteiger partial charge in [-0.1, -0.05) is 42.5 Å². The maximum absolute atomic E-state index is 12.8. The topological polar surface area (TPSA) is 55.8 Å². The number of amides is 1. The Bertz CT molecular complexity index is 656. The lowest BCUT2D eigenvalue weighted by molar-refractivity contribution is -0.151. The van der Waals surface area contributed by atoms with Crippen molar-refractivity contribution in [1.82, 2.24) is 4.90 Å². The van der Waals surface area contributed by atoms with E-state index in [0.717, 1.165) is 5.56 Å². The first-order chi connectivity index (χ1) is 10.6. The Morgan fingerprint density at radius 3 is 2.91 bits per heavy atom. The van der Waals surface area contributed by atoms with Crippen molar-refractivity contribution < 1.29 is 19.1 Å². The Morgan fingerprint density at radius 2 is 2.18 bits per heavy atom. The second-order valence-corrected chi connectivity index (χ2v) is 6.10. The van der Waals surface area contributed by atoms with Gasteiger partial charge in [0.15, 0.2) is 0 Å². The van der Waals surface area contributed by atoms with Crippen molar-refractivity contribution in [3.63, 3.8) is 0 Å². The molecular formula is C17H17NO4. The zero-order valence-electron chi connectivity index (χ0n) is 12.3. The number of ether oxygens (including phenoxy) is 2. The first kappa shape index (κ1) is 13.5. The Hall–Kier alpha value is -2.14. The van der Waals surface area contributed by atoms with E-state index >= 15 is 0 Å². The van der Waals surface area contributed by atoms with Crippen LogP contribution in [0.2, 0.25) is 0 Å². The molecule has 1 spiro atoms. The van der Waals surface area contributed by atoms with Crippen LogP contribution in [0.25, 0.3) is 0 Å². The van der Waals surface area contributed by atoms with Gasteiger partial charge in [0.05, 0.1) is 25.7 Å². The number of benzene rings is 1. The number of hydrogen-bond acceptors (Lipinski definition) is 4. The van der Waals surface area contributed by atoms with Crippen LogP contribution >= 0.6 is 0 Å². The van der Waals surface area contributed by atoms with Gasteiger partial charge in [-0.3, -0.25) is 9.59 Å². The molecule has 1 amide bonds. The van der Waals surface area contributed by atoms with Crippen LogP contribution in [0.4, 0.5) is 0 Å². The summed E-state index contributed by atoms with van der Waals surface area (Å²) in [6.45, 7) is 1.03. The molecule has 1 aromatic carbocycles. The lowest BCUT2D eigenvalue weighted by atomic mass is 9.77. The van der Waals surface area contributed by atoms with Crippen LogP contribution < -0.4 is 0 Å². The lowest BCUT2D eigenvalue weighted by Crippen LogP contribution is -2.39. The highest BCUT2D eigenvalue weighted by Gasteiger charge is 2.67. The van der Waals surface area contributed by atoms with Crippen LogP contribution in [0.1, 0.15) is 5.56 Å². The number of rotatable bonds is 3. The maximum Gasteiger partial charge on any atom is 0.312 e. The van der Waals surface area contributed by atoms with E-state index in [2.05, 4.69) is 0 Å². The quantitative estimate of drug-likeness (QED) is 0.620. The molecule has 0 aromatic heterocycles. The summed E-state index contributed by atoms with van der Waals surface area (Å²) >= 11 is 0. The van der Waals surface area contributed by atoms with E-state index in [-0.39, 0.29) is 18.0 Å². The third-order valence-corrected chi connectivity index (χ3v) is 4.87. The third kappa shape index (κ3) is 1.75. The fraction of sp³-hybridized carbons (Fsp3) is 0.412. The third-order valence-electron chi connectivity index (χ3n) is 4.87. The first-order valence-corrected chi connectivity index (χ1v) is 7.42. The predicted molar refractivity (Wildman–Crippen MR) is 77.6 cm³/mol. The van der Waals surface area contributed by atoms with Crippen LogP contribution in [-0.2, 0) is 25.6 Å². The van der Waals surface area contributed by atoms with Gasteiger partial charge in [0.1, 0.15) is 11.5 Å². The van der Waals surface area contributed by atoms with Crippen LogP contribution in [0.15, 0.2) is 42.5 Å². The molecule has 5 heteroatoms. The molecule has 1 aromatic rings. The summed E-state index contributed by atoms with van der Waals surface area (Å²) in [7, 11) is 1.35. The van der Waals surface area contributed by atoms with Crippen molar-refractivity contribution in [3.05, 3.63) is 48.0 Å². The number of esters is 1. The van der Waals surface area contributed by atoms with Crippen molar-refractivity contribution in [3.8, 4) is 0 Å². The van der Waals surface area contributed by atoms with Gasteiger partial charge in [-0.25, -0.2) is 0 Å². The second kappa shape index (κ2) is 4.68. The molecule has 114 valence electrons. The largest absolute Gasteiger partial charge is 0.469 e. The van der Waals surface area contributed by atoms with Gasteiger partial charge in [-0.15, -0.1) is 0 Å². The molecule has 4 atom stereocenters. The fourth-order valence-electron chi connectivity index (χ4n) is 3.92. The number of fused-ring (bicyclic) bond motifs is 1. The molecule has 2 saturated heterocycles. The predicted octanol–water partition coefficient (Wildman–Crippen LogP) is 1.14. The average molecular weight is 299 g/mol. The summed E-state index contributed by atoms with van der Waals surface area (Å²) in [5, 5.41) is 0. The fourth-order valence-corrected chi connectivity index (χ4v) is 3.92. The molecule has 22 heavy (non-hydrogen) atoms. The van der Waals surface area contributed by atoms with Gasteiger partial charge in [0.25, 0.3) is 0 Å². The molecule has 2 bridgehead atoms. The normalized spacial score (nSPS) is 35.0. The zero-order valence-corrected chi connectivity index (χ0v) is 12.3. The Balaban J connectivity index is 1.62. The van der Waals surface area contributed by atoms with Crippen molar-refractivity contribution in [1.29, 1.82) is 0 Å². The molecule has 0 unspecified atom stereocenters. The minimum Gasteiger partial charge on any atom is -0.469 e. The number of carbonyl (C=O) groups excluding carboxylic acids is 2. The summed E-state index contributed by atoms with van der Waals surface area (Å²) in [6.07, 6.45) is 3.50. The summed E-state index contributed by atoms with van der Waals surface area (Å²) < 4.78 is 10.9. The molecule has 4 rings (SSSR count). The molecule has 5 nitrogen and oxygen atoms in total. The molecule has 3 aliphatic rings. The van der Waals surface area contributed by atoms with E-state index in [1.165, 1.54) is 7.11 Å². The van der Waals surface area contributed by atoms with E-state index in [1.54, 1.807) is 4.90 Å². The van der Waals surface area contributed by atoms with Crippen molar-refractivity contribution in [2.24, 2.45) is 11.8 Å². The molecule has 0 N–H and O–H groups in total. The van der Waals surface area contributed by atoms with Crippen LogP contribution in [0.5, 0.6) is 0 Å². The molecule has 0 aliphatic carbocycles. The zero-order chi connectivity index (χ0) is 15.3. The van der Waals surface area contributed by atoms with E-state index in [1.807, 2.05) is 42.5 Å². The van der Waals surface area contributed by atoms with Crippen LogP contribution in [0.3, 0.4) is 0 Å². The van der Waals surface area contributed by atoms with Crippen LogP contribution in [-0.4, -0.2) is 42.1 Å². The number of carbonyl (C=O) groups is 2. The second-order valence-electron chi connectivity index (χ2n) is 6.10. The minimum atomic E-state index is -0.657. The van der Waals surface area contributed by atoms with Gasteiger partial charge in [-0.05, 0) is 5.56 Å². The van der Waals surface area contributed by atoms with Crippen molar-refractivity contribution in [2.45, 2.75) is 18.2 Å². The summed E-state index contributed by atoms with van der Waals surface area (Å²) in [5.41, 5.74) is 0.412. The maximum atomic E-state index is 12.8. The molecule has 3 aliphatic heterocycles. The number of likely N-dealkylation sites (tertiary alicyclic amines) is 1. The van der Waals surface area contributed by atoms with E-state index in [9.17, 15) is 9.59 Å². The Labute approximate surface area is 128 Å². The van der Waals surface area contributed by atoms with Gasteiger partial charge >= 0.3 is 5.97 Å². The molecular weight excluding hydrogens is 282 g/mol. The van der Waals surface area contributed by atoms with Gasteiger partial charge in [-0.2, -0.15) is 0 Å². The molecule has 0 radical (unpaired) electrons. The van der Waals surface area contributed by atoms with E-state index in [4.69, 9.17) is 9.47 Å². The summed E-state index contributed by atoms with van der Waals surface area (Å²) in [6, 6.07) is 9.84. The van der Waals surface area contributed by atoms with E-state index in [0.29, 0.717) is 13.1 Å². The van der Waals surface area contributed by atoms with E-state index < -0.39 is 17.4 Å². The summed E-state index contributed by atoms with van der Waals surface area (Å²) in [5.74, 6) is -1.37. The highest BCUT2D eigenvalue weighted by molar-refractivity contribution is 5.91. The number of hydrogen-bond donors (Lipinski definition) is 0. The minimum absolute atomic E-state index is 0.0221. The Morgan fingerprint density at radius 1 is 1.41 bits per heavy atom. The monoisotopic (exact) mass is 299 g/mol. The highest BCUT2D eigenvalue weighted by Crippen LogP contribution is 2.52. The smallest absolute Gasteiger partial charge is 0.312 e. The Kier molecular flexibility index (Phi) is 2.87. The van der Waals surface area contributed by atoms with Crippen LogP contribution in [0, 0.1) is 11.8 Å². The standard InChI is InChI=1S/C17H17NO4/c1-21-16(20)13-12-7-8-17(22-12)10-18(15(19)14(13)17)9-11-5-3-2-4-6-11/h2-8,12-14H,9-10H2,1H3/t12-,13+,14-,17-/m0/s1. The van der Waals surface area contributed by atoms with Crippen molar-refractivity contribution in [2.75, 3.05) is 13.7 Å².